The summed E-state index contributed by atoms with van der Waals surface area (Å²) in [6, 6.07) is 6.37. The van der Waals surface area contributed by atoms with Crippen LogP contribution in [0.25, 0.3) is 0 Å². The third kappa shape index (κ3) is 3.14. The van der Waals surface area contributed by atoms with Crippen LogP contribution in [0.4, 0.5) is 18.9 Å². The molecule has 1 saturated heterocycles. The number of carbonyl (C=O) groups excluding carboxylic acids is 1. The van der Waals surface area contributed by atoms with Gasteiger partial charge in [0.05, 0.1) is 5.56 Å². The predicted octanol–water partition coefficient (Wildman–Crippen LogP) is 2.62. The van der Waals surface area contributed by atoms with Gasteiger partial charge in [0.1, 0.15) is 5.54 Å². The van der Waals surface area contributed by atoms with E-state index in [1.807, 2.05) is 0 Å². The van der Waals surface area contributed by atoms with Gasteiger partial charge in [-0.1, -0.05) is 6.07 Å². The quantitative estimate of drug-likeness (QED) is 0.904. The SMILES string of the molecule is O=C(Nc1cccc(C(F)(F)F)c1)C1(n2cccn2)CCNCC1. The van der Waals surface area contributed by atoms with Gasteiger partial charge in [0, 0.05) is 18.1 Å². The highest BCUT2D eigenvalue weighted by Gasteiger charge is 2.42. The molecule has 0 saturated carbocycles. The molecule has 1 aliphatic heterocycles. The molecule has 8 heteroatoms. The van der Waals surface area contributed by atoms with Crippen molar-refractivity contribution in [3.63, 3.8) is 0 Å². The number of benzene rings is 1. The van der Waals surface area contributed by atoms with Crippen molar-refractivity contribution in [3.8, 4) is 0 Å². The zero-order valence-corrected chi connectivity index (χ0v) is 12.8. The van der Waals surface area contributed by atoms with Crippen LogP contribution in [0.5, 0.6) is 0 Å². The van der Waals surface area contributed by atoms with Gasteiger partial charge in [-0.05, 0) is 50.2 Å². The highest BCUT2D eigenvalue weighted by molar-refractivity contribution is 5.96. The van der Waals surface area contributed by atoms with Crippen LogP contribution in [0.1, 0.15) is 18.4 Å². The molecule has 0 spiro atoms. The number of piperidine rings is 1. The molecule has 0 bridgehead atoms. The maximum Gasteiger partial charge on any atom is 0.416 e. The van der Waals surface area contributed by atoms with Gasteiger partial charge in [-0.15, -0.1) is 0 Å². The lowest BCUT2D eigenvalue weighted by Gasteiger charge is -2.36. The minimum atomic E-state index is -4.45. The van der Waals surface area contributed by atoms with Crippen LogP contribution in [-0.4, -0.2) is 28.8 Å². The molecule has 1 fully saturated rings. The average Bonchev–Trinajstić information content (AvgIpc) is 3.10. The Labute approximate surface area is 136 Å². The summed E-state index contributed by atoms with van der Waals surface area (Å²) in [7, 11) is 0. The van der Waals surface area contributed by atoms with Crippen molar-refractivity contribution >= 4 is 11.6 Å². The minimum absolute atomic E-state index is 0.125. The highest BCUT2D eigenvalue weighted by Crippen LogP contribution is 2.32. The van der Waals surface area contributed by atoms with Crippen LogP contribution in [0, 0.1) is 0 Å². The zero-order chi connectivity index (χ0) is 17.2. The van der Waals surface area contributed by atoms with Crippen molar-refractivity contribution in [3.05, 3.63) is 48.3 Å². The maximum absolute atomic E-state index is 12.9. The average molecular weight is 338 g/mol. The van der Waals surface area contributed by atoms with Crippen LogP contribution in [0.15, 0.2) is 42.7 Å². The topological polar surface area (TPSA) is 59.0 Å². The Balaban J connectivity index is 1.87. The number of alkyl halides is 3. The summed E-state index contributed by atoms with van der Waals surface area (Å²) >= 11 is 0. The Kier molecular flexibility index (Phi) is 4.31. The normalized spacial score (nSPS) is 17.5. The molecule has 128 valence electrons. The van der Waals surface area contributed by atoms with Crippen molar-refractivity contribution in [2.24, 2.45) is 0 Å². The van der Waals surface area contributed by atoms with E-state index in [0.717, 1.165) is 12.1 Å². The van der Waals surface area contributed by atoms with Gasteiger partial charge < -0.3 is 10.6 Å². The number of rotatable bonds is 3. The molecule has 1 aromatic heterocycles. The molecule has 0 unspecified atom stereocenters. The van der Waals surface area contributed by atoms with Gasteiger partial charge >= 0.3 is 6.18 Å². The minimum Gasteiger partial charge on any atom is -0.324 e. The van der Waals surface area contributed by atoms with Crippen LogP contribution in [0.2, 0.25) is 0 Å². The molecule has 2 N–H and O–H groups in total. The summed E-state index contributed by atoms with van der Waals surface area (Å²) in [5.74, 6) is -0.355. The number of anilines is 1. The molecule has 0 atom stereocenters. The number of carbonyl (C=O) groups is 1. The summed E-state index contributed by atoms with van der Waals surface area (Å²) in [5.41, 5.74) is -1.57. The first-order valence-electron chi connectivity index (χ1n) is 7.61. The van der Waals surface area contributed by atoms with Gasteiger partial charge in [0.25, 0.3) is 5.91 Å². The van der Waals surface area contributed by atoms with Gasteiger partial charge in [-0.3, -0.25) is 9.48 Å². The van der Waals surface area contributed by atoms with E-state index in [0.29, 0.717) is 25.9 Å². The Morgan fingerprint density at radius 1 is 1.25 bits per heavy atom. The monoisotopic (exact) mass is 338 g/mol. The number of aromatic nitrogens is 2. The van der Waals surface area contributed by atoms with E-state index in [9.17, 15) is 18.0 Å². The fraction of sp³-hybridized carbons (Fsp3) is 0.375. The number of nitrogens with one attached hydrogen (secondary N) is 2. The first-order valence-corrected chi connectivity index (χ1v) is 7.61. The summed E-state index contributed by atoms with van der Waals surface area (Å²) in [5, 5.41) is 9.98. The van der Waals surface area contributed by atoms with Crippen LogP contribution in [0.3, 0.4) is 0 Å². The molecule has 2 aromatic rings. The molecule has 1 amide bonds. The molecule has 0 radical (unpaired) electrons. The lowest BCUT2D eigenvalue weighted by molar-refractivity contribution is -0.137. The Bertz CT molecular complexity index is 706. The van der Waals surface area contributed by atoms with Crippen LogP contribution < -0.4 is 10.6 Å². The molecular formula is C16H17F3N4O. The van der Waals surface area contributed by atoms with Gasteiger partial charge in [-0.2, -0.15) is 18.3 Å². The first kappa shape index (κ1) is 16.5. The number of amides is 1. The Hall–Kier alpha value is -2.35. The maximum atomic E-state index is 12.9. The van der Waals surface area contributed by atoms with Crippen LogP contribution in [-0.2, 0) is 16.5 Å². The summed E-state index contributed by atoms with van der Waals surface area (Å²) in [6.45, 7) is 1.27. The van der Waals surface area contributed by atoms with E-state index in [1.165, 1.54) is 12.1 Å². The molecule has 24 heavy (non-hydrogen) atoms. The second-order valence-electron chi connectivity index (χ2n) is 5.76. The predicted molar refractivity (Wildman–Crippen MR) is 82.4 cm³/mol. The Morgan fingerprint density at radius 3 is 2.62 bits per heavy atom. The number of nitrogens with zero attached hydrogens (tertiary/aromatic N) is 2. The zero-order valence-electron chi connectivity index (χ0n) is 12.8. The summed E-state index contributed by atoms with van der Waals surface area (Å²) < 4.78 is 40.1. The molecule has 0 aliphatic carbocycles. The molecule has 5 nitrogen and oxygen atoms in total. The lowest BCUT2D eigenvalue weighted by Crippen LogP contribution is -2.52. The fourth-order valence-corrected chi connectivity index (χ4v) is 2.94. The van der Waals surface area contributed by atoms with Crippen LogP contribution >= 0.6 is 0 Å². The van der Waals surface area contributed by atoms with E-state index in [2.05, 4.69) is 15.7 Å². The van der Waals surface area contributed by atoms with E-state index in [1.54, 1.807) is 23.1 Å². The van der Waals surface area contributed by atoms with Crippen molar-refractivity contribution in [1.82, 2.24) is 15.1 Å². The lowest BCUT2D eigenvalue weighted by atomic mass is 9.87. The second kappa shape index (κ2) is 6.27. The molecule has 1 aromatic carbocycles. The molecule has 2 heterocycles. The van der Waals surface area contributed by atoms with Crippen molar-refractivity contribution in [2.75, 3.05) is 18.4 Å². The number of halogens is 3. The van der Waals surface area contributed by atoms with Gasteiger partial charge in [-0.25, -0.2) is 0 Å². The van der Waals surface area contributed by atoms with E-state index >= 15 is 0 Å². The van der Waals surface area contributed by atoms with Crippen molar-refractivity contribution in [2.45, 2.75) is 24.6 Å². The smallest absolute Gasteiger partial charge is 0.324 e. The van der Waals surface area contributed by atoms with Crippen molar-refractivity contribution < 1.29 is 18.0 Å². The fourth-order valence-electron chi connectivity index (χ4n) is 2.94. The van der Waals surface area contributed by atoms with Gasteiger partial charge in [0.2, 0.25) is 0 Å². The number of hydrogen-bond acceptors (Lipinski definition) is 3. The summed E-state index contributed by atoms with van der Waals surface area (Å²) in [6.07, 6.45) is -0.132. The number of hydrogen-bond donors (Lipinski definition) is 2. The van der Waals surface area contributed by atoms with E-state index in [-0.39, 0.29) is 11.6 Å². The Morgan fingerprint density at radius 2 is 2.00 bits per heavy atom. The van der Waals surface area contributed by atoms with E-state index < -0.39 is 17.3 Å². The standard InChI is InChI=1S/C16H17F3N4O/c17-16(18,19)12-3-1-4-13(11-12)22-14(24)15(5-8-20-9-6-15)23-10-2-7-21-23/h1-4,7,10-11,20H,5-6,8-9H2,(H,22,24). The highest BCUT2D eigenvalue weighted by atomic mass is 19.4. The largest absolute Gasteiger partial charge is 0.416 e. The second-order valence-corrected chi connectivity index (χ2v) is 5.76. The summed E-state index contributed by atoms with van der Waals surface area (Å²) in [4.78, 5) is 12.9. The van der Waals surface area contributed by atoms with Gasteiger partial charge in [0.15, 0.2) is 0 Å². The molecule has 3 rings (SSSR count). The third-order valence-electron chi connectivity index (χ3n) is 4.24. The van der Waals surface area contributed by atoms with E-state index in [4.69, 9.17) is 0 Å². The third-order valence-corrected chi connectivity index (χ3v) is 4.24. The molecule has 1 aliphatic rings. The van der Waals surface area contributed by atoms with Crippen molar-refractivity contribution in [1.29, 1.82) is 0 Å². The first-order chi connectivity index (χ1) is 11.4. The molecular weight excluding hydrogens is 321 g/mol.